The Morgan fingerprint density at radius 2 is 1.43 bits per heavy atom. The van der Waals surface area contributed by atoms with Crippen molar-refractivity contribution >= 4 is 32.3 Å². The van der Waals surface area contributed by atoms with E-state index in [0.29, 0.717) is 0 Å². The minimum Gasteiger partial charge on any atom is -0.396 e. The van der Waals surface area contributed by atoms with Crippen LogP contribution in [0.1, 0.15) is 25.5 Å². The van der Waals surface area contributed by atoms with Gasteiger partial charge in [-0.25, -0.2) is 0 Å². The Bertz CT molecular complexity index is 987. The SMILES string of the molecule is CC(C)(CO)[C@H](N)c1ccc2ccc3cccc4ccc1c2c34. The predicted molar refractivity (Wildman–Crippen MR) is 97.9 cm³/mol. The fourth-order valence-corrected chi connectivity index (χ4v) is 3.55. The van der Waals surface area contributed by atoms with Crippen LogP contribution < -0.4 is 5.73 Å². The lowest BCUT2D eigenvalue weighted by molar-refractivity contribution is 0.133. The van der Waals surface area contributed by atoms with Crippen LogP contribution in [0.15, 0.2) is 54.6 Å². The highest BCUT2D eigenvalue weighted by atomic mass is 16.3. The molecule has 2 heteroatoms. The third kappa shape index (κ3) is 2.03. The Labute approximate surface area is 135 Å². The molecular weight excluding hydrogens is 282 g/mol. The summed E-state index contributed by atoms with van der Waals surface area (Å²) in [6.07, 6.45) is 0. The van der Waals surface area contributed by atoms with Crippen LogP contribution >= 0.6 is 0 Å². The molecule has 0 aliphatic carbocycles. The molecule has 4 aromatic rings. The number of nitrogens with two attached hydrogens (primary N) is 1. The number of benzene rings is 4. The standard InChI is InChI=1S/C21H21NO/c1-21(2,12-23)20(22)17-11-9-15-7-6-13-4-3-5-14-8-10-16(17)19(15)18(13)14/h3-11,20,23H,12,22H2,1-2H3/t20-/m1/s1. The predicted octanol–water partition coefficient (Wildman–Crippen LogP) is 4.60. The van der Waals surface area contributed by atoms with Crippen LogP contribution in [-0.2, 0) is 0 Å². The molecule has 0 saturated carbocycles. The second kappa shape index (κ2) is 4.92. The van der Waals surface area contributed by atoms with Crippen molar-refractivity contribution in [1.82, 2.24) is 0 Å². The van der Waals surface area contributed by atoms with Crippen molar-refractivity contribution in [1.29, 1.82) is 0 Å². The molecular formula is C21H21NO. The zero-order valence-electron chi connectivity index (χ0n) is 13.5. The van der Waals surface area contributed by atoms with Crippen molar-refractivity contribution in [2.75, 3.05) is 6.61 Å². The minimum atomic E-state index is -0.358. The summed E-state index contributed by atoms with van der Waals surface area (Å²) in [5.74, 6) is 0. The molecule has 0 unspecified atom stereocenters. The van der Waals surface area contributed by atoms with E-state index in [0.717, 1.165) is 5.56 Å². The van der Waals surface area contributed by atoms with Crippen LogP contribution in [0.2, 0.25) is 0 Å². The zero-order valence-corrected chi connectivity index (χ0v) is 13.5. The number of rotatable bonds is 3. The largest absolute Gasteiger partial charge is 0.396 e. The Morgan fingerprint density at radius 1 is 0.870 bits per heavy atom. The van der Waals surface area contributed by atoms with Crippen LogP contribution in [0.3, 0.4) is 0 Å². The molecule has 4 rings (SSSR count). The van der Waals surface area contributed by atoms with Gasteiger partial charge >= 0.3 is 0 Å². The smallest absolute Gasteiger partial charge is 0.0500 e. The van der Waals surface area contributed by atoms with Crippen LogP contribution in [-0.4, -0.2) is 11.7 Å². The summed E-state index contributed by atoms with van der Waals surface area (Å²) in [6.45, 7) is 4.08. The molecule has 0 saturated heterocycles. The Balaban J connectivity index is 2.12. The lowest BCUT2D eigenvalue weighted by Gasteiger charge is -2.31. The molecule has 23 heavy (non-hydrogen) atoms. The molecule has 0 fully saturated rings. The van der Waals surface area contributed by atoms with Crippen LogP contribution in [0.5, 0.6) is 0 Å². The van der Waals surface area contributed by atoms with E-state index in [1.54, 1.807) is 0 Å². The summed E-state index contributed by atoms with van der Waals surface area (Å²) in [4.78, 5) is 0. The number of aliphatic hydroxyl groups excluding tert-OH is 1. The molecule has 0 radical (unpaired) electrons. The number of hydrogen-bond acceptors (Lipinski definition) is 2. The molecule has 3 N–H and O–H groups in total. The number of aliphatic hydroxyl groups is 1. The van der Waals surface area contributed by atoms with Crippen molar-refractivity contribution in [2.24, 2.45) is 11.1 Å². The Kier molecular flexibility index (Phi) is 3.09. The van der Waals surface area contributed by atoms with Gasteiger partial charge in [0.05, 0.1) is 0 Å². The molecule has 0 aliphatic heterocycles. The summed E-state index contributed by atoms with van der Waals surface area (Å²) in [5.41, 5.74) is 7.27. The molecule has 0 aromatic heterocycles. The lowest BCUT2D eigenvalue weighted by Crippen LogP contribution is -2.32. The van der Waals surface area contributed by atoms with Gasteiger partial charge < -0.3 is 10.8 Å². The van der Waals surface area contributed by atoms with E-state index in [9.17, 15) is 5.11 Å². The van der Waals surface area contributed by atoms with Crippen molar-refractivity contribution in [2.45, 2.75) is 19.9 Å². The molecule has 0 bridgehead atoms. The van der Waals surface area contributed by atoms with Gasteiger partial charge in [0.25, 0.3) is 0 Å². The molecule has 0 amide bonds. The van der Waals surface area contributed by atoms with E-state index < -0.39 is 0 Å². The minimum absolute atomic E-state index is 0.0656. The Hall–Kier alpha value is -2.16. The average molecular weight is 303 g/mol. The van der Waals surface area contributed by atoms with Gasteiger partial charge in [-0.3, -0.25) is 0 Å². The average Bonchev–Trinajstić information content (AvgIpc) is 2.59. The van der Waals surface area contributed by atoms with E-state index in [1.165, 1.54) is 32.3 Å². The quantitative estimate of drug-likeness (QED) is 0.543. The first kappa shape index (κ1) is 14.4. The fourth-order valence-electron chi connectivity index (χ4n) is 3.55. The summed E-state index contributed by atoms with van der Waals surface area (Å²) in [5, 5.41) is 17.2. The molecule has 0 aliphatic rings. The third-order valence-corrected chi connectivity index (χ3v) is 5.15. The molecule has 4 aromatic carbocycles. The summed E-state index contributed by atoms with van der Waals surface area (Å²) in [7, 11) is 0. The first-order chi connectivity index (χ1) is 11.0. The molecule has 0 spiro atoms. The highest BCUT2D eigenvalue weighted by Gasteiger charge is 2.28. The fraction of sp³-hybridized carbons (Fsp3) is 0.238. The second-order valence-corrected chi connectivity index (χ2v) is 7.14. The van der Waals surface area contributed by atoms with Crippen molar-refractivity contribution in [3.8, 4) is 0 Å². The third-order valence-electron chi connectivity index (χ3n) is 5.15. The van der Waals surface area contributed by atoms with Crippen LogP contribution in [0.4, 0.5) is 0 Å². The van der Waals surface area contributed by atoms with E-state index in [2.05, 4.69) is 54.6 Å². The molecule has 116 valence electrons. The van der Waals surface area contributed by atoms with Crippen LogP contribution in [0.25, 0.3) is 32.3 Å². The van der Waals surface area contributed by atoms with Gasteiger partial charge in [0, 0.05) is 18.1 Å². The van der Waals surface area contributed by atoms with E-state index in [-0.39, 0.29) is 18.1 Å². The maximum Gasteiger partial charge on any atom is 0.0500 e. The first-order valence-corrected chi connectivity index (χ1v) is 8.06. The number of hydrogen-bond donors (Lipinski definition) is 2. The summed E-state index contributed by atoms with van der Waals surface area (Å²) < 4.78 is 0. The normalized spacial score (nSPS) is 14.1. The highest BCUT2D eigenvalue weighted by Crippen LogP contribution is 2.40. The highest BCUT2D eigenvalue weighted by molar-refractivity contribution is 6.23. The van der Waals surface area contributed by atoms with E-state index in [4.69, 9.17) is 5.73 Å². The van der Waals surface area contributed by atoms with Crippen LogP contribution in [0, 0.1) is 5.41 Å². The van der Waals surface area contributed by atoms with Gasteiger partial charge in [-0.1, -0.05) is 68.4 Å². The maximum atomic E-state index is 9.69. The van der Waals surface area contributed by atoms with Gasteiger partial charge in [0.15, 0.2) is 0 Å². The molecule has 1 atom stereocenters. The monoisotopic (exact) mass is 303 g/mol. The second-order valence-electron chi connectivity index (χ2n) is 7.14. The van der Waals surface area contributed by atoms with Gasteiger partial charge in [-0.15, -0.1) is 0 Å². The molecule has 2 nitrogen and oxygen atoms in total. The van der Waals surface area contributed by atoms with Gasteiger partial charge in [0.2, 0.25) is 0 Å². The van der Waals surface area contributed by atoms with Gasteiger partial charge in [-0.2, -0.15) is 0 Å². The summed E-state index contributed by atoms with van der Waals surface area (Å²) in [6, 6.07) is 19.2. The first-order valence-electron chi connectivity index (χ1n) is 8.06. The molecule has 0 heterocycles. The summed E-state index contributed by atoms with van der Waals surface area (Å²) >= 11 is 0. The van der Waals surface area contributed by atoms with Gasteiger partial charge in [0.1, 0.15) is 0 Å². The Morgan fingerprint density at radius 3 is 2.09 bits per heavy atom. The van der Waals surface area contributed by atoms with E-state index >= 15 is 0 Å². The van der Waals surface area contributed by atoms with E-state index in [1.807, 2.05) is 13.8 Å². The van der Waals surface area contributed by atoms with Gasteiger partial charge in [-0.05, 0) is 37.9 Å². The maximum absolute atomic E-state index is 9.69. The zero-order chi connectivity index (χ0) is 16.2. The van der Waals surface area contributed by atoms with Crippen molar-refractivity contribution in [3.63, 3.8) is 0 Å². The van der Waals surface area contributed by atoms with Crippen molar-refractivity contribution < 1.29 is 5.11 Å². The lowest BCUT2D eigenvalue weighted by atomic mass is 9.79. The van der Waals surface area contributed by atoms with Crippen molar-refractivity contribution in [3.05, 3.63) is 60.2 Å². The topological polar surface area (TPSA) is 46.2 Å².